The first-order chi connectivity index (χ1) is 17.8. The van der Waals surface area contributed by atoms with E-state index in [1.807, 2.05) is 26.0 Å². The van der Waals surface area contributed by atoms with Crippen molar-refractivity contribution < 1.29 is 26.4 Å². The number of carbonyl (C=O) groups is 1. The van der Waals surface area contributed by atoms with Crippen LogP contribution in [-0.4, -0.2) is 49.3 Å². The van der Waals surface area contributed by atoms with Crippen molar-refractivity contribution in [2.75, 3.05) is 13.1 Å². The van der Waals surface area contributed by atoms with E-state index in [1.54, 1.807) is 6.08 Å². The summed E-state index contributed by atoms with van der Waals surface area (Å²) in [4.78, 5) is 17.7. The van der Waals surface area contributed by atoms with Gasteiger partial charge in [0.25, 0.3) is 5.91 Å². The Balaban J connectivity index is 1.36. The van der Waals surface area contributed by atoms with E-state index in [4.69, 9.17) is 10.7 Å². The summed E-state index contributed by atoms with van der Waals surface area (Å²) < 4.78 is 65.1. The maximum Gasteiger partial charge on any atom is 0.389 e. The van der Waals surface area contributed by atoms with Gasteiger partial charge < -0.3 is 11.1 Å². The molecule has 38 heavy (non-hydrogen) atoms. The number of nitrogens with one attached hydrogen (secondary N) is 1. The number of aliphatic imine (C=N–C) groups is 1. The Hall–Kier alpha value is -2.24. The quantitative estimate of drug-likeness (QED) is 0.515. The molecule has 2 aliphatic heterocycles. The van der Waals surface area contributed by atoms with Gasteiger partial charge in [0.2, 0.25) is 10.0 Å². The van der Waals surface area contributed by atoms with Gasteiger partial charge in [-0.25, -0.2) is 8.42 Å². The first-order valence-electron chi connectivity index (χ1n) is 13.3. The fourth-order valence-electron chi connectivity index (χ4n) is 5.96. The van der Waals surface area contributed by atoms with Crippen molar-refractivity contribution in [3.05, 3.63) is 39.8 Å². The largest absolute Gasteiger partial charge is 0.389 e. The lowest BCUT2D eigenvalue weighted by molar-refractivity contribution is -0.138. The van der Waals surface area contributed by atoms with E-state index in [2.05, 4.69) is 5.32 Å². The van der Waals surface area contributed by atoms with E-state index in [-0.39, 0.29) is 37.3 Å². The molecule has 210 valence electrons. The maximum atomic E-state index is 13.1. The summed E-state index contributed by atoms with van der Waals surface area (Å²) in [6, 6.07) is 3.90. The standard InChI is InChI=1S/C27H37F3N4O3S/c1-18-15-21(17-31)16-19(2)23(18)8-14-38(36,37)34-12-10-26(11-13-34)25(35)32-24(33-26)22-5-3-20(4-6-22)7-9-27(28,29)30/h8,14-16,20,22H,3-7,9-13,17,31H2,1-2H3,(H,32,33,35)/b14-8+. The molecule has 0 unspecified atom stereocenters. The van der Waals surface area contributed by atoms with Crippen LogP contribution in [0.2, 0.25) is 0 Å². The number of sulfonamides is 1. The molecule has 2 fully saturated rings. The van der Waals surface area contributed by atoms with Crippen LogP contribution in [0.15, 0.2) is 22.5 Å². The highest BCUT2D eigenvalue weighted by Crippen LogP contribution is 2.38. The molecule has 11 heteroatoms. The minimum atomic E-state index is -4.13. The summed E-state index contributed by atoms with van der Waals surface area (Å²) in [7, 11) is -3.68. The molecule has 1 spiro atoms. The lowest BCUT2D eigenvalue weighted by atomic mass is 9.79. The van der Waals surface area contributed by atoms with Crippen LogP contribution in [0.4, 0.5) is 13.2 Å². The molecule has 7 nitrogen and oxygen atoms in total. The summed E-state index contributed by atoms with van der Waals surface area (Å²) in [6.45, 7) is 4.63. The van der Waals surface area contributed by atoms with E-state index in [0.717, 1.165) is 22.3 Å². The lowest BCUT2D eigenvalue weighted by Crippen LogP contribution is -2.50. The van der Waals surface area contributed by atoms with E-state index in [0.29, 0.717) is 50.9 Å². The first-order valence-corrected chi connectivity index (χ1v) is 14.8. The molecule has 1 aliphatic carbocycles. The smallest absolute Gasteiger partial charge is 0.326 e. The number of aryl methyl sites for hydroxylation is 2. The van der Waals surface area contributed by atoms with Crippen molar-refractivity contribution in [1.29, 1.82) is 0 Å². The number of alkyl halides is 3. The van der Waals surface area contributed by atoms with Gasteiger partial charge in [0, 0.05) is 37.4 Å². The molecule has 0 aromatic heterocycles. The lowest BCUT2D eigenvalue weighted by Gasteiger charge is -2.34. The van der Waals surface area contributed by atoms with Crippen LogP contribution in [-0.2, 0) is 21.4 Å². The van der Waals surface area contributed by atoms with Gasteiger partial charge in [-0.05, 0) is 93.0 Å². The molecule has 1 aromatic rings. The number of nitrogens with zero attached hydrogens (tertiary/aromatic N) is 2. The average molecular weight is 555 g/mol. The number of piperidine rings is 1. The van der Waals surface area contributed by atoms with Crippen molar-refractivity contribution in [3.63, 3.8) is 0 Å². The fraction of sp³-hybridized carbons (Fsp3) is 0.630. The number of carbonyl (C=O) groups excluding carboxylic acids is 1. The second kappa shape index (κ2) is 11.1. The molecule has 1 saturated heterocycles. The molecule has 3 aliphatic rings. The molecular weight excluding hydrogens is 517 g/mol. The molecule has 0 bridgehead atoms. The second-order valence-electron chi connectivity index (χ2n) is 10.9. The minimum absolute atomic E-state index is 0.0299. The molecule has 1 amide bonds. The highest BCUT2D eigenvalue weighted by atomic mass is 32.2. The molecule has 4 rings (SSSR count). The molecule has 1 saturated carbocycles. The maximum absolute atomic E-state index is 13.1. The zero-order chi connectivity index (χ0) is 27.7. The van der Waals surface area contributed by atoms with Crippen LogP contribution in [0.25, 0.3) is 6.08 Å². The monoisotopic (exact) mass is 554 g/mol. The van der Waals surface area contributed by atoms with Crippen molar-refractivity contribution in [2.45, 2.75) is 83.5 Å². The van der Waals surface area contributed by atoms with Crippen LogP contribution >= 0.6 is 0 Å². The minimum Gasteiger partial charge on any atom is -0.326 e. The Morgan fingerprint density at radius 2 is 1.74 bits per heavy atom. The average Bonchev–Trinajstić information content (AvgIpc) is 3.17. The summed E-state index contributed by atoms with van der Waals surface area (Å²) in [6.07, 6.45) is 0.256. The Morgan fingerprint density at radius 1 is 1.13 bits per heavy atom. The van der Waals surface area contributed by atoms with Crippen LogP contribution in [0.3, 0.4) is 0 Å². The van der Waals surface area contributed by atoms with Gasteiger partial charge >= 0.3 is 6.18 Å². The van der Waals surface area contributed by atoms with Gasteiger partial charge in [-0.15, -0.1) is 0 Å². The van der Waals surface area contributed by atoms with Gasteiger partial charge in [-0.3, -0.25) is 9.79 Å². The highest BCUT2D eigenvalue weighted by Gasteiger charge is 2.48. The summed E-state index contributed by atoms with van der Waals surface area (Å²) in [5, 5.41) is 4.14. The van der Waals surface area contributed by atoms with Crippen LogP contribution in [0.5, 0.6) is 0 Å². The number of nitrogens with two attached hydrogens (primary N) is 1. The van der Waals surface area contributed by atoms with Gasteiger partial charge in [0.15, 0.2) is 0 Å². The topological polar surface area (TPSA) is 105 Å². The summed E-state index contributed by atoms with van der Waals surface area (Å²) in [5.74, 6) is 0.493. The third kappa shape index (κ3) is 6.48. The SMILES string of the molecule is Cc1cc(CN)cc(C)c1/C=C/S(=O)(=O)N1CCC2(CC1)N=C(C1CCC(CCC(F)(F)F)CC1)NC2=O. The second-order valence-corrected chi connectivity index (χ2v) is 12.8. The summed E-state index contributed by atoms with van der Waals surface area (Å²) >= 11 is 0. The van der Waals surface area contributed by atoms with Gasteiger partial charge in [-0.1, -0.05) is 12.1 Å². The number of rotatable bonds is 7. The van der Waals surface area contributed by atoms with Gasteiger partial charge in [0.05, 0.1) is 0 Å². The number of halogens is 3. The molecular formula is C27H37F3N4O3S. The molecule has 0 atom stereocenters. The van der Waals surface area contributed by atoms with Crippen molar-refractivity contribution in [3.8, 4) is 0 Å². The number of amides is 1. The number of benzene rings is 1. The zero-order valence-electron chi connectivity index (χ0n) is 22.0. The normalized spacial score (nSPS) is 24.7. The Bertz CT molecular complexity index is 1190. The molecule has 1 aromatic carbocycles. The molecule has 3 N–H and O–H groups in total. The van der Waals surface area contributed by atoms with Crippen LogP contribution in [0.1, 0.15) is 73.6 Å². The van der Waals surface area contributed by atoms with Gasteiger partial charge in [0.1, 0.15) is 11.4 Å². The molecule has 0 radical (unpaired) electrons. The number of amidine groups is 1. The first kappa shape index (κ1) is 28.8. The van der Waals surface area contributed by atoms with E-state index in [9.17, 15) is 26.4 Å². The molecule has 2 heterocycles. The van der Waals surface area contributed by atoms with E-state index in [1.165, 1.54) is 9.71 Å². The number of hydrogen-bond donors (Lipinski definition) is 2. The Morgan fingerprint density at radius 3 is 2.29 bits per heavy atom. The highest BCUT2D eigenvalue weighted by molar-refractivity contribution is 7.92. The predicted octanol–water partition coefficient (Wildman–Crippen LogP) is 4.57. The number of hydrogen-bond acceptors (Lipinski definition) is 5. The van der Waals surface area contributed by atoms with Crippen LogP contribution in [0, 0.1) is 25.7 Å². The van der Waals surface area contributed by atoms with Crippen molar-refractivity contribution in [1.82, 2.24) is 9.62 Å². The predicted molar refractivity (Wildman–Crippen MR) is 142 cm³/mol. The Kier molecular flexibility index (Phi) is 8.40. The van der Waals surface area contributed by atoms with Crippen LogP contribution < -0.4 is 11.1 Å². The zero-order valence-corrected chi connectivity index (χ0v) is 22.8. The van der Waals surface area contributed by atoms with E-state index >= 15 is 0 Å². The Labute approximate surface area is 222 Å². The van der Waals surface area contributed by atoms with E-state index < -0.39 is 28.2 Å². The van der Waals surface area contributed by atoms with Crippen molar-refractivity contribution in [2.24, 2.45) is 22.6 Å². The third-order valence-electron chi connectivity index (χ3n) is 8.27. The fourth-order valence-corrected chi connectivity index (χ4v) is 7.13. The summed E-state index contributed by atoms with van der Waals surface area (Å²) in [5.41, 5.74) is 8.50. The van der Waals surface area contributed by atoms with Crippen molar-refractivity contribution >= 4 is 27.8 Å². The third-order valence-corrected chi connectivity index (χ3v) is 9.84. The van der Waals surface area contributed by atoms with Gasteiger partial charge in [-0.2, -0.15) is 17.5 Å².